The van der Waals surface area contributed by atoms with Gasteiger partial charge in [-0.3, -0.25) is 4.79 Å². The smallest absolute Gasteiger partial charge is 0.328 e. The minimum atomic E-state index is -1.17. The van der Waals surface area contributed by atoms with Crippen molar-refractivity contribution in [2.24, 2.45) is 0 Å². The summed E-state index contributed by atoms with van der Waals surface area (Å²) in [6.07, 6.45) is 2.40. The van der Waals surface area contributed by atoms with Gasteiger partial charge in [-0.25, -0.2) is 4.79 Å². The molecule has 1 amide bonds. The average Bonchev–Trinajstić information content (AvgIpc) is 2.25. The number of hydrogen-bond donors (Lipinski definition) is 2. The molecule has 0 aliphatic carbocycles. The maximum Gasteiger partial charge on any atom is 0.328 e. The Morgan fingerprint density at radius 1 is 1.31 bits per heavy atom. The molecule has 0 rings (SSSR count). The number of ether oxygens (including phenoxy) is 1. The van der Waals surface area contributed by atoms with Crippen molar-refractivity contribution in [1.82, 2.24) is 4.90 Å². The van der Waals surface area contributed by atoms with Crippen molar-refractivity contribution in [3.05, 3.63) is 12.2 Å². The van der Waals surface area contributed by atoms with Gasteiger partial charge in [-0.2, -0.15) is 0 Å². The van der Waals surface area contributed by atoms with Crippen LogP contribution in [-0.2, 0) is 14.3 Å². The molecular weight excluding hydrogens is 214 g/mol. The summed E-state index contributed by atoms with van der Waals surface area (Å²) in [5, 5.41) is 17.1. The lowest BCUT2D eigenvalue weighted by Gasteiger charge is -2.19. The Morgan fingerprint density at radius 2 is 2.00 bits per heavy atom. The van der Waals surface area contributed by atoms with Crippen LogP contribution >= 0.6 is 0 Å². The third kappa shape index (κ3) is 6.97. The summed E-state index contributed by atoms with van der Waals surface area (Å²) in [4.78, 5) is 23.0. The molecule has 0 atom stereocenters. The van der Waals surface area contributed by atoms with Crippen molar-refractivity contribution >= 4 is 11.9 Å². The first-order valence-corrected chi connectivity index (χ1v) is 4.91. The number of carbonyl (C=O) groups excluding carboxylic acids is 1. The number of carboxylic acids is 1. The quantitative estimate of drug-likeness (QED) is 0.434. The van der Waals surface area contributed by atoms with Gasteiger partial charge < -0.3 is 19.8 Å². The third-order valence-electron chi connectivity index (χ3n) is 1.83. The Morgan fingerprint density at radius 3 is 2.50 bits per heavy atom. The SMILES string of the molecule is COCCCN(CCO)C(=O)/C=C/C(=O)O. The standard InChI is InChI=1S/C10H17NO5/c1-16-8-2-5-11(6-7-12)9(13)3-4-10(14)15/h3-4,12H,2,5-8H2,1H3,(H,14,15)/b4-3+. The van der Waals surface area contributed by atoms with E-state index >= 15 is 0 Å². The number of carbonyl (C=O) groups is 2. The number of aliphatic hydroxyl groups is 1. The van der Waals surface area contributed by atoms with Crippen molar-refractivity contribution in [2.75, 3.05) is 33.4 Å². The van der Waals surface area contributed by atoms with Crippen molar-refractivity contribution in [3.8, 4) is 0 Å². The summed E-state index contributed by atoms with van der Waals surface area (Å²) in [5.74, 6) is -1.60. The second-order valence-corrected chi connectivity index (χ2v) is 3.07. The van der Waals surface area contributed by atoms with E-state index in [4.69, 9.17) is 14.9 Å². The van der Waals surface area contributed by atoms with E-state index in [0.717, 1.165) is 12.2 Å². The maximum absolute atomic E-state index is 11.5. The zero-order valence-electron chi connectivity index (χ0n) is 9.26. The number of carboxylic acid groups (broad SMARTS) is 1. The fraction of sp³-hybridized carbons (Fsp3) is 0.600. The Labute approximate surface area is 94.1 Å². The van der Waals surface area contributed by atoms with E-state index in [1.54, 1.807) is 7.11 Å². The Bertz CT molecular complexity index is 252. The summed E-state index contributed by atoms with van der Waals surface area (Å²) in [7, 11) is 1.56. The van der Waals surface area contributed by atoms with Crippen LogP contribution < -0.4 is 0 Å². The molecule has 2 N–H and O–H groups in total. The zero-order chi connectivity index (χ0) is 12.4. The number of hydrogen-bond acceptors (Lipinski definition) is 4. The number of amides is 1. The van der Waals surface area contributed by atoms with Gasteiger partial charge in [0.15, 0.2) is 0 Å². The van der Waals surface area contributed by atoms with E-state index in [9.17, 15) is 9.59 Å². The highest BCUT2D eigenvalue weighted by molar-refractivity contribution is 5.93. The first-order chi connectivity index (χ1) is 7.61. The van der Waals surface area contributed by atoms with Gasteiger partial charge in [-0.1, -0.05) is 0 Å². The average molecular weight is 231 g/mol. The molecule has 0 saturated carbocycles. The molecule has 0 saturated heterocycles. The molecule has 0 heterocycles. The molecule has 0 radical (unpaired) electrons. The van der Waals surface area contributed by atoms with Crippen LogP contribution in [0.3, 0.4) is 0 Å². The minimum Gasteiger partial charge on any atom is -0.478 e. The fourth-order valence-corrected chi connectivity index (χ4v) is 1.10. The first kappa shape index (κ1) is 14.6. The number of nitrogens with zero attached hydrogens (tertiary/aromatic N) is 1. The molecule has 92 valence electrons. The summed E-state index contributed by atoms with van der Waals surface area (Å²) < 4.78 is 4.84. The minimum absolute atomic E-state index is 0.153. The van der Waals surface area contributed by atoms with Crippen molar-refractivity contribution in [2.45, 2.75) is 6.42 Å². The lowest BCUT2D eigenvalue weighted by atomic mass is 10.3. The number of aliphatic carboxylic acids is 1. The van der Waals surface area contributed by atoms with Crippen LogP contribution in [0.2, 0.25) is 0 Å². The van der Waals surface area contributed by atoms with Gasteiger partial charge in [-0.15, -0.1) is 0 Å². The monoisotopic (exact) mass is 231 g/mol. The van der Waals surface area contributed by atoms with Gasteiger partial charge in [0.2, 0.25) is 5.91 Å². The van der Waals surface area contributed by atoms with E-state index < -0.39 is 11.9 Å². The van der Waals surface area contributed by atoms with Crippen LogP contribution in [0.15, 0.2) is 12.2 Å². The van der Waals surface area contributed by atoms with Crippen LogP contribution in [0, 0.1) is 0 Å². The van der Waals surface area contributed by atoms with Crippen molar-refractivity contribution in [1.29, 1.82) is 0 Å². The predicted octanol–water partition coefficient (Wildman–Crippen LogP) is -0.515. The molecule has 0 aromatic heterocycles. The largest absolute Gasteiger partial charge is 0.478 e. The van der Waals surface area contributed by atoms with Crippen LogP contribution in [0.5, 0.6) is 0 Å². The van der Waals surface area contributed by atoms with Gasteiger partial charge in [-0.05, 0) is 6.42 Å². The van der Waals surface area contributed by atoms with Crippen LogP contribution in [-0.4, -0.2) is 60.4 Å². The molecule has 0 fully saturated rings. The summed E-state index contributed by atoms with van der Waals surface area (Å²) in [5.41, 5.74) is 0. The summed E-state index contributed by atoms with van der Waals surface area (Å²) >= 11 is 0. The van der Waals surface area contributed by atoms with Gasteiger partial charge in [0, 0.05) is 39.0 Å². The van der Waals surface area contributed by atoms with Crippen LogP contribution in [0.25, 0.3) is 0 Å². The van der Waals surface area contributed by atoms with Crippen LogP contribution in [0.4, 0.5) is 0 Å². The maximum atomic E-state index is 11.5. The fourth-order valence-electron chi connectivity index (χ4n) is 1.10. The van der Waals surface area contributed by atoms with E-state index in [1.807, 2.05) is 0 Å². The molecule has 16 heavy (non-hydrogen) atoms. The van der Waals surface area contributed by atoms with E-state index in [1.165, 1.54) is 4.90 Å². The molecule has 0 aliphatic heterocycles. The topological polar surface area (TPSA) is 87.1 Å². The highest BCUT2D eigenvalue weighted by atomic mass is 16.5. The van der Waals surface area contributed by atoms with Gasteiger partial charge in [0.1, 0.15) is 0 Å². The Balaban J connectivity index is 4.17. The van der Waals surface area contributed by atoms with Crippen molar-refractivity contribution < 1.29 is 24.5 Å². The highest BCUT2D eigenvalue weighted by Gasteiger charge is 2.09. The molecule has 6 heteroatoms. The molecule has 0 spiro atoms. The Kier molecular flexibility index (Phi) is 8.10. The molecule has 0 unspecified atom stereocenters. The van der Waals surface area contributed by atoms with Crippen molar-refractivity contribution in [3.63, 3.8) is 0 Å². The predicted molar refractivity (Wildman–Crippen MR) is 56.9 cm³/mol. The molecule has 0 aromatic carbocycles. The molecule has 0 aliphatic rings. The highest BCUT2D eigenvalue weighted by Crippen LogP contribution is 1.95. The summed E-state index contributed by atoms with van der Waals surface area (Å²) in [6.45, 7) is 0.973. The van der Waals surface area contributed by atoms with Crippen LogP contribution in [0.1, 0.15) is 6.42 Å². The lowest BCUT2D eigenvalue weighted by Crippen LogP contribution is -2.33. The number of methoxy groups -OCH3 is 1. The van der Waals surface area contributed by atoms with E-state index in [-0.39, 0.29) is 13.2 Å². The molecular formula is C10H17NO5. The first-order valence-electron chi connectivity index (χ1n) is 4.91. The van der Waals surface area contributed by atoms with Gasteiger partial charge in [0.25, 0.3) is 0 Å². The van der Waals surface area contributed by atoms with Gasteiger partial charge in [0.05, 0.1) is 6.61 Å². The summed E-state index contributed by atoms with van der Waals surface area (Å²) in [6, 6.07) is 0. The number of aliphatic hydroxyl groups excluding tert-OH is 1. The molecule has 0 aromatic rings. The zero-order valence-corrected chi connectivity index (χ0v) is 9.26. The van der Waals surface area contributed by atoms with Gasteiger partial charge >= 0.3 is 5.97 Å². The molecule has 6 nitrogen and oxygen atoms in total. The van der Waals surface area contributed by atoms with E-state index in [0.29, 0.717) is 19.6 Å². The second kappa shape index (κ2) is 8.87. The molecule has 0 bridgehead atoms. The normalized spacial score (nSPS) is 10.6. The van der Waals surface area contributed by atoms with E-state index in [2.05, 4.69) is 0 Å². The lowest BCUT2D eigenvalue weighted by molar-refractivity contribution is -0.132. The Hall–Kier alpha value is -1.40. The number of rotatable bonds is 8. The third-order valence-corrected chi connectivity index (χ3v) is 1.83. The second-order valence-electron chi connectivity index (χ2n) is 3.07.